The summed E-state index contributed by atoms with van der Waals surface area (Å²) in [6.45, 7) is 0.433. The van der Waals surface area contributed by atoms with Gasteiger partial charge in [-0.2, -0.15) is 0 Å². The highest BCUT2D eigenvalue weighted by Gasteiger charge is 2.09. The monoisotopic (exact) mass is 331 g/mol. The molecule has 0 aliphatic heterocycles. The highest BCUT2D eigenvalue weighted by Crippen LogP contribution is 2.20. The number of amides is 1. The van der Waals surface area contributed by atoms with Crippen molar-refractivity contribution >= 4 is 16.8 Å². The quantitative estimate of drug-likeness (QED) is 0.586. The average Bonchev–Trinajstić information content (AvgIpc) is 3.31. The summed E-state index contributed by atoms with van der Waals surface area (Å²) in [6, 6.07) is 13.7. The highest BCUT2D eigenvalue weighted by atomic mass is 16.3. The van der Waals surface area contributed by atoms with Gasteiger partial charge in [0.1, 0.15) is 5.76 Å². The Labute approximate surface area is 144 Å². The van der Waals surface area contributed by atoms with E-state index in [0.29, 0.717) is 13.0 Å². The Kier molecular flexibility index (Phi) is 4.04. The van der Waals surface area contributed by atoms with Crippen LogP contribution in [0.15, 0.2) is 71.7 Å². The van der Waals surface area contributed by atoms with Crippen LogP contribution < -0.4 is 5.32 Å². The summed E-state index contributed by atoms with van der Waals surface area (Å²) in [4.78, 5) is 19.7. The molecule has 1 aromatic carbocycles. The first-order valence-corrected chi connectivity index (χ1v) is 8.09. The van der Waals surface area contributed by atoms with E-state index in [2.05, 4.69) is 15.3 Å². The third-order valence-electron chi connectivity index (χ3n) is 4.12. The maximum atomic E-state index is 12.3. The molecule has 0 atom stereocenters. The molecule has 5 heteroatoms. The predicted octanol–water partition coefficient (Wildman–Crippen LogP) is 3.68. The molecule has 0 aliphatic rings. The van der Waals surface area contributed by atoms with Crippen LogP contribution in [-0.4, -0.2) is 15.9 Å². The average molecular weight is 331 g/mol. The van der Waals surface area contributed by atoms with Gasteiger partial charge >= 0.3 is 0 Å². The molecule has 124 valence electrons. The van der Waals surface area contributed by atoms with Crippen molar-refractivity contribution in [2.45, 2.75) is 13.0 Å². The van der Waals surface area contributed by atoms with E-state index >= 15 is 0 Å². The van der Waals surface area contributed by atoms with Crippen molar-refractivity contribution in [1.29, 1.82) is 0 Å². The molecule has 25 heavy (non-hydrogen) atoms. The van der Waals surface area contributed by atoms with E-state index in [1.807, 2.05) is 48.7 Å². The molecule has 0 unspecified atom stereocenters. The number of nitrogens with zero attached hydrogens (tertiary/aromatic N) is 1. The molecular formula is C20H17N3O2. The Bertz CT molecular complexity index is 1000. The van der Waals surface area contributed by atoms with Crippen molar-refractivity contribution < 1.29 is 9.21 Å². The Hall–Kier alpha value is -3.34. The van der Waals surface area contributed by atoms with Crippen molar-refractivity contribution in [3.8, 4) is 11.3 Å². The van der Waals surface area contributed by atoms with E-state index in [0.717, 1.165) is 33.4 Å². The van der Waals surface area contributed by atoms with Gasteiger partial charge in [-0.1, -0.05) is 18.2 Å². The molecule has 0 saturated carbocycles. The largest absolute Gasteiger partial charge is 0.464 e. The van der Waals surface area contributed by atoms with Crippen LogP contribution in [0.5, 0.6) is 0 Å². The van der Waals surface area contributed by atoms with Gasteiger partial charge in [0.15, 0.2) is 0 Å². The van der Waals surface area contributed by atoms with E-state index in [9.17, 15) is 4.79 Å². The van der Waals surface area contributed by atoms with Gasteiger partial charge in [0.25, 0.3) is 0 Å². The minimum Gasteiger partial charge on any atom is -0.464 e. The van der Waals surface area contributed by atoms with Gasteiger partial charge < -0.3 is 14.7 Å². The summed E-state index contributed by atoms with van der Waals surface area (Å²) in [7, 11) is 0. The molecule has 0 saturated heterocycles. The van der Waals surface area contributed by atoms with Crippen LogP contribution >= 0.6 is 0 Å². The lowest BCUT2D eigenvalue weighted by molar-refractivity contribution is -0.120. The second kappa shape index (κ2) is 6.65. The summed E-state index contributed by atoms with van der Waals surface area (Å²) in [5.41, 5.74) is 3.87. The fourth-order valence-electron chi connectivity index (χ4n) is 2.88. The molecule has 0 spiro atoms. The van der Waals surface area contributed by atoms with E-state index in [-0.39, 0.29) is 5.91 Å². The number of H-pyrrole nitrogens is 1. The van der Waals surface area contributed by atoms with Crippen molar-refractivity contribution in [2.75, 3.05) is 0 Å². The number of benzene rings is 1. The number of fused-ring (bicyclic) bond motifs is 1. The van der Waals surface area contributed by atoms with Crippen molar-refractivity contribution in [2.24, 2.45) is 0 Å². The Morgan fingerprint density at radius 1 is 1.16 bits per heavy atom. The molecule has 0 fully saturated rings. The zero-order valence-electron chi connectivity index (χ0n) is 13.5. The van der Waals surface area contributed by atoms with Gasteiger partial charge in [0.2, 0.25) is 5.91 Å². The molecule has 5 nitrogen and oxygen atoms in total. The molecule has 4 rings (SSSR count). The summed E-state index contributed by atoms with van der Waals surface area (Å²) >= 11 is 0. The molecule has 1 amide bonds. The van der Waals surface area contributed by atoms with Crippen molar-refractivity contribution in [3.05, 3.63) is 78.4 Å². The molecule has 0 aliphatic carbocycles. The van der Waals surface area contributed by atoms with Crippen LogP contribution in [0.3, 0.4) is 0 Å². The summed E-state index contributed by atoms with van der Waals surface area (Å²) < 4.78 is 5.38. The van der Waals surface area contributed by atoms with Crippen molar-refractivity contribution in [3.63, 3.8) is 0 Å². The van der Waals surface area contributed by atoms with Gasteiger partial charge in [-0.05, 0) is 35.4 Å². The van der Waals surface area contributed by atoms with Crippen LogP contribution in [0.1, 0.15) is 11.1 Å². The normalized spacial score (nSPS) is 10.9. The van der Waals surface area contributed by atoms with E-state index < -0.39 is 0 Å². The molecule has 2 N–H and O–H groups in total. The molecule has 0 bridgehead atoms. The lowest BCUT2D eigenvalue weighted by Gasteiger charge is -2.06. The molecular weight excluding hydrogens is 314 g/mol. The first-order chi connectivity index (χ1) is 12.3. The van der Waals surface area contributed by atoms with Crippen LogP contribution in [-0.2, 0) is 17.8 Å². The van der Waals surface area contributed by atoms with Crippen LogP contribution in [0.2, 0.25) is 0 Å². The molecule has 3 aromatic heterocycles. The number of furan rings is 1. The predicted molar refractivity (Wildman–Crippen MR) is 95.8 cm³/mol. The summed E-state index contributed by atoms with van der Waals surface area (Å²) in [5, 5.41) is 4.03. The van der Waals surface area contributed by atoms with Crippen molar-refractivity contribution in [1.82, 2.24) is 15.3 Å². The number of rotatable bonds is 5. The van der Waals surface area contributed by atoms with Gasteiger partial charge in [0.05, 0.1) is 12.7 Å². The van der Waals surface area contributed by atoms with Crippen LogP contribution in [0, 0.1) is 0 Å². The number of para-hydroxylation sites is 1. The first-order valence-electron chi connectivity index (χ1n) is 8.09. The maximum Gasteiger partial charge on any atom is 0.224 e. The number of carbonyl (C=O) groups is 1. The van der Waals surface area contributed by atoms with Gasteiger partial charge in [-0.15, -0.1) is 0 Å². The number of hydrogen-bond acceptors (Lipinski definition) is 3. The SMILES string of the molecule is O=C(Cc1c[nH]c2ccccc12)NCc1cncc(-c2ccco2)c1. The Morgan fingerprint density at radius 3 is 2.96 bits per heavy atom. The molecule has 4 aromatic rings. The third-order valence-corrected chi connectivity index (χ3v) is 4.12. The number of hydrogen-bond donors (Lipinski definition) is 2. The zero-order chi connectivity index (χ0) is 17.1. The number of nitrogens with one attached hydrogen (secondary N) is 2. The number of aromatic nitrogens is 2. The van der Waals surface area contributed by atoms with Gasteiger partial charge in [-0.3, -0.25) is 9.78 Å². The lowest BCUT2D eigenvalue weighted by Crippen LogP contribution is -2.24. The molecule has 0 radical (unpaired) electrons. The first kappa shape index (κ1) is 15.2. The maximum absolute atomic E-state index is 12.3. The topological polar surface area (TPSA) is 70.9 Å². The summed E-state index contributed by atoms with van der Waals surface area (Å²) in [5.74, 6) is 0.743. The minimum absolute atomic E-state index is 0.0202. The van der Waals surface area contributed by atoms with Gasteiger partial charge in [0, 0.05) is 41.6 Å². The summed E-state index contributed by atoms with van der Waals surface area (Å²) in [6.07, 6.45) is 7.36. The third kappa shape index (κ3) is 3.30. The Balaban J connectivity index is 1.41. The number of carbonyl (C=O) groups excluding carboxylic acids is 1. The van der Waals surface area contributed by atoms with E-state index in [4.69, 9.17) is 4.42 Å². The number of pyridine rings is 1. The second-order valence-electron chi connectivity index (χ2n) is 5.87. The fourth-order valence-corrected chi connectivity index (χ4v) is 2.88. The fraction of sp³-hybridized carbons (Fsp3) is 0.100. The zero-order valence-corrected chi connectivity index (χ0v) is 13.5. The van der Waals surface area contributed by atoms with Gasteiger partial charge in [-0.25, -0.2) is 0 Å². The van der Waals surface area contributed by atoms with E-state index in [1.54, 1.807) is 18.7 Å². The molecule has 3 heterocycles. The standard InChI is InChI=1S/C20H17N3O2/c24-20(9-15-13-22-18-5-2-1-4-17(15)18)23-11-14-8-16(12-21-10-14)19-6-3-7-25-19/h1-8,10,12-13,22H,9,11H2,(H,23,24). The van der Waals surface area contributed by atoms with E-state index in [1.165, 1.54) is 0 Å². The Morgan fingerprint density at radius 2 is 2.08 bits per heavy atom. The number of aromatic amines is 1. The van der Waals surface area contributed by atoms with Crippen LogP contribution in [0.4, 0.5) is 0 Å². The highest BCUT2D eigenvalue weighted by molar-refractivity contribution is 5.88. The second-order valence-corrected chi connectivity index (χ2v) is 5.87. The lowest BCUT2D eigenvalue weighted by atomic mass is 10.1. The van der Waals surface area contributed by atoms with Crippen LogP contribution in [0.25, 0.3) is 22.2 Å². The minimum atomic E-state index is -0.0202. The smallest absolute Gasteiger partial charge is 0.224 e.